The predicted octanol–water partition coefficient (Wildman–Crippen LogP) is 2.99. The van der Waals surface area contributed by atoms with Gasteiger partial charge in [-0.05, 0) is 42.8 Å². The minimum absolute atomic E-state index is 0.0304. The van der Waals surface area contributed by atoms with Gasteiger partial charge in [-0.1, -0.05) is 23.7 Å². The molecule has 1 atom stereocenters. The largest absolute Gasteiger partial charge is 0.379 e. The summed E-state index contributed by atoms with van der Waals surface area (Å²) in [6.45, 7) is 2.98. The van der Waals surface area contributed by atoms with E-state index in [0.717, 1.165) is 0 Å². The number of carbonyl (C=O) groups is 1. The minimum Gasteiger partial charge on any atom is -0.379 e. The molecule has 1 amide bonds. The fourth-order valence-electron chi connectivity index (χ4n) is 2.88. The van der Waals surface area contributed by atoms with Gasteiger partial charge in [-0.3, -0.25) is 4.79 Å². The highest BCUT2D eigenvalue weighted by Crippen LogP contribution is 2.22. The van der Waals surface area contributed by atoms with E-state index in [2.05, 4.69) is 5.32 Å². The second kappa shape index (κ2) is 8.57. The number of nitrogens with zero attached hydrogens (tertiary/aromatic N) is 1. The van der Waals surface area contributed by atoms with Crippen LogP contribution in [0.1, 0.15) is 28.9 Å². The highest BCUT2D eigenvalue weighted by Gasteiger charge is 2.27. The van der Waals surface area contributed by atoms with E-state index in [-0.39, 0.29) is 28.6 Å². The zero-order chi connectivity index (χ0) is 20.3. The van der Waals surface area contributed by atoms with Crippen molar-refractivity contribution in [3.63, 3.8) is 0 Å². The number of morpholine rings is 1. The number of ether oxygens (including phenoxy) is 1. The van der Waals surface area contributed by atoms with Crippen LogP contribution in [0.3, 0.4) is 0 Å². The van der Waals surface area contributed by atoms with Crippen LogP contribution >= 0.6 is 11.6 Å². The summed E-state index contributed by atoms with van der Waals surface area (Å²) in [5.41, 5.74) is 0.853. The third kappa shape index (κ3) is 4.52. The van der Waals surface area contributed by atoms with E-state index in [1.54, 1.807) is 6.92 Å². The number of hydrogen-bond acceptors (Lipinski definition) is 4. The molecule has 28 heavy (non-hydrogen) atoms. The van der Waals surface area contributed by atoms with Gasteiger partial charge in [0.1, 0.15) is 5.82 Å². The lowest BCUT2D eigenvalue weighted by molar-refractivity contribution is 0.0730. The number of carbonyl (C=O) groups excluding carboxylic acids is 1. The van der Waals surface area contributed by atoms with Crippen LogP contribution < -0.4 is 5.32 Å². The van der Waals surface area contributed by atoms with E-state index in [4.69, 9.17) is 16.3 Å². The fraction of sp³-hybridized carbons (Fsp3) is 0.316. The van der Waals surface area contributed by atoms with Gasteiger partial charge in [-0.15, -0.1) is 0 Å². The maximum atomic E-state index is 13.3. The molecule has 0 aromatic heterocycles. The molecule has 1 aliphatic heterocycles. The summed E-state index contributed by atoms with van der Waals surface area (Å²) >= 11 is 5.79. The van der Waals surface area contributed by atoms with E-state index in [1.807, 2.05) is 0 Å². The first-order valence-corrected chi connectivity index (χ1v) is 10.5. The maximum absolute atomic E-state index is 13.3. The standard InChI is InChI=1S/C19H20ClFN2O4S/c1-13(14-5-6-18(21)17(20)12-14)22-19(24)15-3-2-4-16(11-15)28(25,26)23-7-9-27-10-8-23/h2-6,11-13H,7-10H2,1H3,(H,22,24). The maximum Gasteiger partial charge on any atom is 0.251 e. The molecule has 150 valence electrons. The SMILES string of the molecule is CC(NC(=O)c1cccc(S(=O)(=O)N2CCOCC2)c1)c1ccc(F)c(Cl)c1. The molecule has 3 rings (SSSR count). The van der Waals surface area contributed by atoms with Crippen LogP contribution in [-0.4, -0.2) is 44.9 Å². The Morgan fingerprint density at radius 2 is 1.93 bits per heavy atom. The van der Waals surface area contributed by atoms with Gasteiger partial charge in [0.15, 0.2) is 0 Å². The van der Waals surface area contributed by atoms with Gasteiger partial charge in [-0.2, -0.15) is 4.31 Å². The summed E-state index contributed by atoms with van der Waals surface area (Å²) < 4.78 is 45.4. The van der Waals surface area contributed by atoms with Gasteiger partial charge in [0, 0.05) is 18.7 Å². The zero-order valence-corrected chi connectivity index (χ0v) is 16.8. The van der Waals surface area contributed by atoms with Crippen molar-refractivity contribution >= 4 is 27.5 Å². The normalized spacial score (nSPS) is 16.5. The predicted molar refractivity (Wildman–Crippen MR) is 103 cm³/mol. The lowest BCUT2D eigenvalue weighted by Gasteiger charge is -2.26. The molecule has 1 fully saturated rings. The van der Waals surface area contributed by atoms with Crippen LogP contribution in [0.4, 0.5) is 4.39 Å². The highest BCUT2D eigenvalue weighted by atomic mass is 35.5. The van der Waals surface area contributed by atoms with Crippen LogP contribution in [0.2, 0.25) is 5.02 Å². The fourth-order valence-corrected chi connectivity index (χ4v) is 4.52. The highest BCUT2D eigenvalue weighted by molar-refractivity contribution is 7.89. The average Bonchev–Trinajstić information content (AvgIpc) is 2.70. The number of rotatable bonds is 5. The molecule has 9 heteroatoms. The average molecular weight is 427 g/mol. The Balaban J connectivity index is 1.77. The van der Waals surface area contributed by atoms with Crippen molar-refractivity contribution in [1.29, 1.82) is 0 Å². The summed E-state index contributed by atoms with van der Waals surface area (Å²) in [5.74, 6) is -0.975. The van der Waals surface area contributed by atoms with Gasteiger partial charge in [0.05, 0.1) is 29.2 Å². The van der Waals surface area contributed by atoms with Crippen LogP contribution in [-0.2, 0) is 14.8 Å². The van der Waals surface area contributed by atoms with Crippen molar-refractivity contribution in [2.75, 3.05) is 26.3 Å². The quantitative estimate of drug-likeness (QED) is 0.797. The van der Waals surface area contributed by atoms with E-state index < -0.39 is 27.8 Å². The minimum atomic E-state index is -3.69. The van der Waals surface area contributed by atoms with Gasteiger partial charge in [0.25, 0.3) is 5.91 Å². The Kier molecular flexibility index (Phi) is 6.34. The van der Waals surface area contributed by atoms with Crippen LogP contribution in [0.25, 0.3) is 0 Å². The van der Waals surface area contributed by atoms with Crippen molar-refractivity contribution in [3.8, 4) is 0 Å². The summed E-state index contributed by atoms with van der Waals surface area (Å²) in [6.07, 6.45) is 0. The molecule has 2 aromatic rings. The molecule has 1 saturated heterocycles. The second-order valence-electron chi connectivity index (χ2n) is 6.41. The van der Waals surface area contributed by atoms with Crippen LogP contribution in [0.15, 0.2) is 47.4 Å². The Labute approximate surface area is 168 Å². The first-order valence-electron chi connectivity index (χ1n) is 8.73. The van der Waals surface area contributed by atoms with E-state index in [9.17, 15) is 17.6 Å². The van der Waals surface area contributed by atoms with Gasteiger partial charge in [0.2, 0.25) is 10.0 Å². The molecule has 6 nitrogen and oxygen atoms in total. The van der Waals surface area contributed by atoms with Gasteiger partial charge in [-0.25, -0.2) is 12.8 Å². The Bertz CT molecular complexity index is 978. The number of hydrogen-bond donors (Lipinski definition) is 1. The zero-order valence-electron chi connectivity index (χ0n) is 15.2. The van der Waals surface area contributed by atoms with Crippen molar-refractivity contribution in [2.45, 2.75) is 17.9 Å². The van der Waals surface area contributed by atoms with Crippen molar-refractivity contribution in [2.24, 2.45) is 0 Å². The molecule has 0 radical (unpaired) electrons. The second-order valence-corrected chi connectivity index (χ2v) is 8.76. The van der Waals surface area contributed by atoms with Gasteiger partial charge >= 0.3 is 0 Å². The molecule has 0 spiro atoms. The topological polar surface area (TPSA) is 75.7 Å². The summed E-state index contributed by atoms with van der Waals surface area (Å²) in [6, 6.07) is 9.65. The third-order valence-corrected chi connectivity index (χ3v) is 6.68. The number of benzene rings is 2. The Hall–Kier alpha value is -2.00. The molecule has 0 aliphatic carbocycles. The summed E-state index contributed by atoms with van der Waals surface area (Å²) in [5, 5.41) is 2.74. The Morgan fingerprint density at radius 3 is 2.61 bits per heavy atom. The van der Waals surface area contributed by atoms with E-state index >= 15 is 0 Å². The smallest absolute Gasteiger partial charge is 0.251 e. The van der Waals surface area contributed by atoms with E-state index in [0.29, 0.717) is 18.8 Å². The molecule has 2 aromatic carbocycles. The molecular weight excluding hydrogens is 407 g/mol. The van der Waals surface area contributed by atoms with Crippen molar-refractivity contribution in [3.05, 3.63) is 64.4 Å². The molecule has 1 heterocycles. The van der Waals surface area contributed by atoms with Crippen molar-refractivity contribution in [1.82, 2.24) is 9.62 Å². The molecular formula is C19H20ClFN2O4S. The molecule has 0 saturated carbocycles. The number of halogens is 2. The molecule has 1 aliphatic rings. The summed E-state index contributed by atoms with van der Waals surface area (Å²) in [4.78, 5) is 12.6. The lowest BCUT2D eigenvalue weighted by atomic mass is 10.1. The van der Waals surface area contributed by atoms with Crippen LogP contribution in [0.5, 0.6) is 0 Å². The van der Waals surface area contributed by atoms with Gasteiger partial charge < -0.3 is 10.1 Å². The van der Waals surface area contributed by atoms with Crippen LogP contribution in [0, 0.1) is 5.82 Å². The molecule has 1 unspecified atom stereocenters. The van der Waals surface area contributed by atoms with E-state index in [1.165, 1.54) is 46.8 Å². The number of sulfonamides is 1. The molecule has 1 N–H and O–H groups in total. The summed E-state index contributed by atoms with van der Waals surface area (Å²) in [7, 11) is -3.69. The Morgan fingerprint density at radius 1 is 1.21 bits per heavy atom. The van der Waals surface area contributed by atoms with Crippen molar-refractivity contribution < 1.29 is 22.3 Å². The monoisotopic (exact) mass is 426 g/mol. The lowest BCUT2D eigenvalue weighted by Crippen LogP contribution is -2.40. The number of amides is 1. The third-order valence-electron chi connectivity index (χ3n) is 4.50. The first kappa shape index (κ1) is 20.7. The molecule has 0 bridgehead atoms. The first-order chi connectivity index (χ1) is 13.3. The number of nitrogens with one attached hydrogen (secondary N) is 1.